The summed E-state index contributed by atoms with van der Waals surface area (Å²) in [5.74, 6) is 0.719. The maximum absolute atomic E-state index is 4.57. The van der Waals surface area contributed by atoms with Crippen molar-refractivity contribution in [2.45, 2.75) is 60.4 Å². The zero-order chi connectivity index (χ0) is 23.9. The third-order valence-electron chi connectivity index (χ3n) is 5.01. The Balaban J connectivity index is 1.92. The standard InChI is InChI=1S/C28H40N4/c1-10-26(27(4,5)6)30-19-29-21(3)31-24-14-11-22(12-15-24)18-23-13-16-25(17-20(23)2)32-28(7,8)9/h10-17,29,31-32H,1,3,18-19H2,2,4-9H3. The summed E-state index contributed by atoms with van der Waals surface area (Å²) in [6, 6.07) is 15.1. The Morgan fingerprint density at radius 3 is 2.12 bits per heavy atom. The largest absolute Gasteiger partial charge is 0.380 e. The molecule has 2 rings (SSSR count). The van der Waals surface area contributed by atoms with E-state index in [4.69, 9.17) is 0 Å². The van der Waals surface area contributed by atoms with Gasteiger partial charge in [-0.15, -0.1) is 0 Å². The third kappa shape index (κ3) is 8.26. The minimum absolute atomic E-state index is 0.0181. The molecule has 0 radical (unpaired) electrons. The number of rotatable bonds is 9. The second-order valence-electron chi connectivity index (χ2n) is 10.3. The molecular weight excluding hydrogens is 392 g/mol. The van der Waals surface area contributed by atoms with E-state index in [1.807, 2.05) is 6.08 Å². The van der Waals surface area contributed by atoms with Crippen molar-refractivity contribution in [1.82, 2.24) is 5.32 Å². The van der Waals surface area contributed by atoms with Gasteiger partial charge in [-0.1, -0.05) is 52.1 Å². The normalized spacial score (nSPS) is 12.3. The van der Waals surface area contributed by atoms with Gasteiger partial charge in [-0.2, -0.15) is 0 Å². The summed E-state index contributed by atoms with van der Waals surface area (Å²) < 4.78 is 0. The van der Waals surface area contributed by atoms with E-state index in [1.54, 1.807) is 0 Å². The molecule has 0 amide bonds. The molecule has 4 heteroatoms. The predicted octanol–water partition coefficient (Wildman–Crippen LogP) is 6.90. The molecule has 0 saturated heterocycles. The smallest absolute Gasteiger partial charge is 0.109 e. The highest BCUT2D eigenvalue weighted by Gasteiger charge is 2.15. The maximum Gasteiger partial charge on any atom is 0.109 e. The van der Waals surface area contributed by atoms with Crippen LogP contribution in [0.2, 0.25) is 0 Å². The SMILES string of the molecule is C=CC(=NCNC(=C)Nc1ccc(Cc2ccc(NC(C)(C)C)cc2C)cc1)C(C)(C)C. The van der Waals surface area contributed by atoms with Gasteiger partial charge in [0.1, 0.15) is 6.67 Å². The number of nitrogens with zero attached hydrogens (tertiary/aromatic N) is 1. The van der Waals surface area contributed by atoms with Crippen LogP contribution in [0.15, 0.2) is 72.5 Å². The van der Waals surface area contributed by atoms with E-state index in [0.29, 0.717) is 6.67 Å². The summed E-state index contributed by atoms with van der Waals surface area (Å²) in [5.41, 5.74) is 7.09. The van der Waals surface area contributed by atoms with Crippen molar-refractivity contribution in [2.24, 2.45) is 10.4 Å². The first-order valence-corrected chi connectivity index (χ1v) is 11.2. The molecule has 0 saturated carbocycles. The summed E-state index contributed by atoms with van der Waals surface area (Å²) in [5, 5.41) is 10.0. The molecule has 2 aromatic carbocycles. The topological polar surface area (TPSA) is 48.5 Å². The highest BCUT2D eigenvalue weighted by Crippen LogP contribution is 2.22. The average Bonchev–Trinajstić information content (AvgIpc) is 2.66. The van der Waals surface area contributed by atoms with Gasteiger partial charge in [0.2, 0.25) is 0 Å². The van der Waals surface area contributed by atoms with Crippen molar-refractivity contribution >= 4 is 17.1 Å². The van der Waals surface area contributed by atoms with Gasteiger partial charge in [-0.3, -0.25) is 4.99 Å². The average molecular weight is 433 g/mol. The van der Waals surface area contributed by atoms with Crippen molar-refractivity contribution in [2.75, 3.05) is 17.3 Å². The first-order chi connectivity index (χ1) is 14.9. The van der Waals surface area contributed by atoms with Crippen molar-refractivity contribution in [1.29, 1.82) is 0 Å². The van der Waals surface area contributed by atoms with Crippen LogP contribution in [0.3, 0.4) is 0 Å². The summed E-state index contributed by atoms with van der Waals surface area (Å²) in [7, 11) is 0. The minimum atomic E-state index is -0.0181. The minimum Gasteiger partial charge on any atom is -0.380 e. The highest BCUT2D eigenvalue weighted by atomic mass is 15.1. The molecule has 0 fully saturated rings. The van der Waals surface area contributed by atoms with E-state index >= 15 is 0 Å². The molecule has 0 unspecified atom stereocenters. The molecule has 0 aliphatic rings. The van der Waals surface area contributed by atoms with Gasteiger partial charge in [-0.05, 0) is 81.1 Å². The Morgan fingerprint density at radius 2 is 1.59 bits per heavy atom. The van der Waals surface area contributed by atoms with Gasteiger partial charge >= 0.3 is 0 Å². The monoisotopic (exact) mass is 432 g/mol. The van der Waals surface area contributed by atoms with E-state index in [-0.39, 0.29) is 11.0 Å². The van der Waals surface area contributed by atoms with Gasteiger partial charge in [0.25, 0.3) is 0 Å². The lowest BCUT2D eigenvalue weighted by atomic mass is 9.90. The van der Waals surface area contributed by atoms with Crippen molar-refractivity contribution in [3.63, 3.8) is 0 Å². The molecule has 0 spiro atoms. The molecule has 0 aromatic heterocycles. The van der Waals surface area contributed by atoms with Gasteiger partial charge < -0.3 is 16.0 Å². The zero-order valence-electron chi connectivity index (χ0n) is 20.9. The van der Waals surface area contributed by atoms with Crippen LogP contribution in [0.4, 0.5) is 11.4 Å². The Morgan fingerprint density at radius 1 is 0.969 bits per heavy atom. The first kappa shape index (κ1) is 25.3. The molecule has 0 aliphatic carbocycles. The maximum atomic E-state index is 4.57. The number of hydrogen-bond donors (Lipinski definition) is 3. The van der Waals surface area contributed by atoms with E-state index in [9.17, 15) is 0 Å². The fourth-order valence-corrected chi connectivity index (χ4v) is 3.38. The number of aliphatic imine (C=N–C) groups is 1. The lowest BCUT2D eigenvalue weighted by molar-refractivity contribution is 0.589. The van der Waals surface area contributed by atoms with Gasteiger partial charge in [0, 0.05) is 28.0 Å². The molecule has 0 bridgehead atoms. The van der Waals surface area contributed by atoms with Crippen molar-refractivity contribution in [3.8, 4) is 0 Å². The molecule has 0 atom stereocenters. The van der Waals surface area contributed by atoms with E-state index < -0.39 is 0 Å². The van der Waals surface area contributed by atoms with E-state index in [2.05, 4.69) is 125 Å². The second kappa shape index (κ2) is 10.5. The highest BCUT2D eigenvalue weighted by molar-refractivity contribution is 5.98. The summed E-state index contributed by atoms with van der Waals surface area (Å²) >= 11 is 0. The number of aryl methyl sites for hydroxylation is 1. The van der Waals surface area contributed by atoms with Crippen LogP contribution in [-0.2, 0) is 6.42 Å². The van der Waals surface area contributed by atoms with Crippen LogP contribution >= 0.6 is 0 Å². The van der Waals surface area contributed by atoms with Crippen LogP contribution in [0.1, 0.15) is 58.2 Å². The van der Waals surface area contributed by atoms with Gasteiger partial charge in [-0.25, -0.2) is 0 Å². The zero-order valence-corrected chi connectivity index (χ0v) is 20.9. The summed E-state index contributed by atoms with van der Waals surface area (Å²) in [6.07, 6.45) is 2.72. The third-order valence-corrected chi connectivity index (χ3v) is 5.01. The Labute approximate surface area is 194 Å². The van der Waals surface area contributed by atoms with Crippen LogP contribution in [-0.4, -0.2) is 17.9 Å². The Bertz CT molecular complexity index is 954. The number of allylic oxidation sites excluding steroid dienone is 1. The van der Waals surface area contributed by atoms with Gasteiger partial charge in [0.05, 0.1) is 5.82 Å². The number of anilines is 2. The molecular formula is C28H40N4. The van der Waals surface area contributed by atoms with Crippen molar-refractivity contribution < 1.29 is 0 Å². The molecule has 172 valence electrons. The van der Waals surface area contributed by atoms with Crippen LogP contribution in [0, 0.1) is 12.3 Å². The first-order valence-electron chi connectivity index (χ1n) is 11.2. The van der Waals surface area contributed by atoms with E-state index in [0.717, 1.165) is 29.3 Å². The van der Waals surface area contributed by atoms with Crippen LogP contribution < -0.4 is 16.0 Å². The van der Waals surface area contributed by atoms with Crippen molar-refractivity contribution in [3.05, 3.63) is 84.2 Å². The quantitative estimate of drug-likeness (QED) is 0.378. The fraction of sp³-hybridized carbons (Fsp3) is 0.393. The summed E-state index contributed by atoms with van der Waals surface area (Å²) in [4.78, 5) is 4.57. The molecule has 2 aromatic rings. The van der Waals surface area contributed by atoms with Crippen LogP contribution in [0.5, 0.6) is 0 Å². The Kier molecular flexibility index (Phi) is 8.31. The van der Waals surface area contributed by atoms with E-state index in [1.165, 1.54) is 16.7 Å². The predicted molar refractivity (Wildman–Crippen MR) is 142 cm³/mol. The molecule has 3 N–H and O–H groups in total. The lowest BCUT2D eigenvalue weighted by Gasteiger charge is -2.23. The Hall–Kier alpha value is -3.01. The van der Waals surface area contributed by atoms with Gasteiger partial charge in [0.15, 0.2) is 0 Å². The molecule has 0 heterocycles. The summed E-state index contributed by atoms with van der Waals surface area (Å²) in [6.45, 7) is 23.4. The van der Waals surface area contributed by atoms with Crippen LogP contribution in [0.25, 0.3) is 0 Å². The molecule has 0 aliphatic heterocycles. The second-order valence-corrected chi connectivity index (χ2v) is 10.3. The number of hydrogen-bond acceptors (Lipinski definition) is 4. The lowest BCUT2D eigenvalue weighted by Crippen LogP contribution is -2.26. The number of benzene rings is 2. The fourth-order valence-electron chi connectivity index (χ4n) is 3.38. The molecule has 4 nitrogen and oxygen atoms in total. The molecule has 32 heavy (non-hydrogen) atoms. The number of nitrogens with one attached hydrogen (secondary N) is 3.